The smallest absolute Gasteiger partial charge is 0.261 e. The molecule has 0 atom stereocenters. The summed E-state index contributed by atoms with van der Waals surface area (Å²) in [5, 5.41) is 2.49. The first-order chi connectivity index (χ1) is 9.38. The van der Waals surface area contributed by atoms with Gasteiger partial charge in [-0.3, -0.25) is 9.59 Å². The van der Waals surface area contributed by atoms with Gasteiger partial charge >= 0.3 is 0 Å². The van der Waals surface area contributed by atoms with Gasteiger partial charge in [-0.15, -0.1) is 0 Å². The number of carbonyl (C=O) groups is 1. The molecule has 0 spiro atoms. The number of hydrogen-bond acceptors (Lipinski definition) is 4. The van der Waals surface area contributed by atoms with Crippen LogP contribution in [0.5, 0.6) is 0 Å². The number of H-pyrrole nitrogens is 1. The number of anilines is 1. The van der Waals surface area contributed by atoms with Gasteiger partial charge in [0.2, 0.25) is 0 Å². The van der Waals surface area contributed by atoms with Crippen molar-refractivity contribution in [2.24, 2.45) is 0 Å². The Kier molecular flexibility index (Phi) is 3.71. The summed E-state index contributed by atoms with van der Waals surface area (Å²) >= 11 is 0. The molecule has 1 aromatic carbocycles. The fraction of sp³-hybridized carbons (Fsp3) is 0.0769. The summed E-state index contributed by atoms with van der Waals surface area (Å²) in [5.74, 6) is -0.600. The van der Waals surface area contributed by atoms with Crippen LogP contribution >= 0.6 is 0 Å². The molecule has 0 aliphatic rings. The fourth-order valence-corrected chi connectivity index (χ4v) is 2.27. The zero-order valence-corrected chi connectivity index (χ0v) is 11.4. The lowest BCUT2D eigenvalue weighted by Gasteiger charge is -2.06. The number of nitrogens with one attached hydrogen (secondary N) is 2. The van der Waals surface area contributed by atoms with Crippen LogP contribution in [-0.2, 0) is 9.84 Å². The number of pyridine rings is 1. The molecular formula is C13H12N2O4S. The van der Waals surface area contributed by atoms with Crippen LogP contribution in [-0.4, -0.2) is 25.6 Å². The van der Waals surface area contributed by atoms with Crippen molar-refractivity contribution in [3.63, 3.8) is 0 Å². The summed E-state index contributed by atoms with van der Waals surface area (Å²) in [4.78, 5) is 25.9. The highest BCUT2D eigenvalue weighted by molar-refractivity contribution is 7.90. The number of benzene rings is 1. The fourth-order valence-electron chi connectivity index (χ4n) is 1.60. The molecule has 20 heavy (non-hydrogen) atoms. The van der Waals surface area contributed by atoms with Crippen molar-refractivity contribution in [3.8, 4) is 0 Å². The normalized spacial score (nSPS) is 11.1. The maximum atomic E-state index is 11.9. The summed E-state index contributed by atoms with van der Waals surface area (Å²) < 4.78 is 22.9. The quantitative estimate of drug-likeness (QED) is 0.883. The highest BCUT2D eigenvalue weighted by atomic mass is 32.2. The molecule has 1 aromatic heterocycles. The van der Waals surface area contributed by atoms with E-state index in [1.54, 1.807) is 6.07 Å². The van der Waals surface area contributed by atoms with E-state index in [1.165, 1.54) is 36.5 Å². The SMILES string of the molecule is CS(=O)(=O)c1cccc(NC(=O)c2ccc[nH]c2=O)c1. The van der Waals surface area contributed by atoms with Gasteiger partial charge in [0.1, 0.15) is 5.56 Å². The number of amides is 1. The first-order valence-corrected chi connectivity index (χ1v) is 7.56. The molecule has 0 saturated heterocycles. The summed E-state index contributed by atoms with van der Waals surface area (Å²) in [6.45, 7) is 0. The van der Waals surface area contributed by atoms with Crippen LogP contribution < -0.4 is 10.9 Å². The third-order valence-electron chi connectivity index (χ3n) is 2.58. The summed E-state index contributed by atoms with van der Waals surface area (Å²) in [7, 11) is -3.35. The Morgan fingerprint density at radius 1 is 1.20 bits per heavy atom. The van der Waals surface area contributed by atoms with Crippen LogP contribution in [0.4, 0.5) is 5.69 Å². The Morgan fingerprint density at radius 2 is 1.95 bits per heavy atom. The van der Waals surface area contributed by atoms with E-state index in [0.717, 1.165) is 6.26 Å². The third-order valence-corrected chi connectivity index (χ3v) is 3.69. The van der Waals surface area contributed by atoms with Crippen LogP contribution in [0.2, 0.25) is 0 Å². The Labute approximate surface area is 115 Å². The van der Waals surface area contributed by atoms with Crippen molar-refractivity contribution in [2.45, 2.75) is 4.90 Å². The lowest BCUT2D eigenvalue weighted by Crippen LogP contribution is -2.22. The largest absolute Gasteiger partial charge is 0.328 e. The molecule has 7 heteroatoms. The van der Waals surface area contributed by atoms with Crippen molar-refractivity contribution in [1.29, 1.82) is 0 Å². The Bertz CT molecular complexity index is 809. The second-order valence-electron chi connectivity index (χ2n) is 4.17. The number of sulfone groups is 1. The summed E-state index contributed by atoms with van der Waals surface area (Å²) in [5.41, 5.74) is -0.247. The number of rotatable bonds is 3. The number of aromatic nitrogens is 1. The molecule has 1 heterocycles. The highest BCUT2D eigenvalue weighted by Gasteiger charge is 2.12. The number of carbonyl (C=O) groups excluding carboxylic acids is 1. The second-order valence-corrected chi connectivity index (χ2v) is 6.18. The van der Waals surface area contributed by atoms with E-state index in [2.05, 4.69) is 10.3 Å². The van der Waals surface area contributed by atoms with E-state index in [1.807, 2.05) is 0 Å². The topological polar surface area (TPSA) is 96.1 Å². The van der Waals surface area contributed by atoms with Crippen molar-refractivity contribution in [1.82, 2.24) is 4.98 Å². The van der Waals surface area contributed by atoms with Gasteiger partial charge in [-0.2, -0.15) is 0 Å². The predicted molar refractivity (Wildman–Crippen MR) is 74.6 cm³/mol. The standard InChI is InChI=1S/C13H12N2O4S/c1-20(18,19)10-5-2-4-9(8-10)15-13(17)11-6-3-7-14-12(11)16/h2-8H,1H3,(H,14,16)(H,15,17). The Morgan fingerprint density at radius 3 is 2.60 bits per heavy atom. The summed E-state index contributed by atoms with van der Waals surface area (Å²) in [6, 6.07) is 8.74. The van der Waals surface area contributed by atoms with Crippen molar-refractivity contribution in [2.75, 3.05) is 11.6 Å². The minimum atomic E-state index is -3.35. The van der Waals surface area contributed by atoms with E-state index in [4.69, 9.17) is 0 Å². The van der Waals surface area contributed by atoms with E-state index >= 15 is 0 Å². The molecule has 104 valence electrons. The molecule has 6 nitrogen and oxygen atoms in total. The number of hydrogen-bond donors (Lipinski definition) is 2. The number of aromatic amines is 1. The maximum Gasteiger partial charge on any atom is 0.261 e. The first kappa shape index (κ1) is 14.0. The van der Waals surface area contributed by atoms with Crippen LogP contribution in [0.3, 0.4) is 0 Å². The predicted octanol–water partition coefficient (Wildman–Crippen LogP) is 1.03. The first-order valence-electron chi connectivity index (χ1n) is 5.67. The third kappa shape index (κ3) is 3.12. The van der Waals surface area contributed by atoms with Gasteiger partial charge in [-0.25, -0.2) is 8.42 Å². The molecule has 0 radical (unpaired) electrons. The minimum Gasteiger partial charge on any atom is -0.328 e. The highest BCUT2D eigenvalue weighted by Crippen LogP contribution is 2.15. The summed E-state index contributed by atoms with van der Waals surface area (Å²) in [6.07, 6.45) is 2.50. The van der Waals surface area contributed by atoms with Crippen molar-refractivity contribution < 1.29 is 13.2 Å². The van der Waals surface area contributed by atoms with Gasteiger partial charge in [0.25, 0.3) is 11.5 Å². The Hall–Kier alpha value is -2.41. The zero-order valence-electron chi connectivity index (χ0n) is 10.6. The van der Waals surface area contributed by atoms with Gasteiger partial charge in [0.05, 0.1) is 4.90 Å². The molecule has 0 aliphatic heterocycles. The monoisotopic (exact) mass is 292 g/mol. The van der Waals surface area contributed by atoms with Gasteiger partial charge in [-0.05, 0) is 30.3 Å². The molecule has 0 unspecified atom stereocenters. The lowest BCUT2D eigenvalue weighted by molar-refractivity contribution is 0.102. The van der Waals surface area contributed by atoms with E-state index in [0.29, 0.717) is 5.69 Å². The van der Waals surface area contributed by atoms with Gasteiger partial charge in [0.15, 0.2) is 9.84 Å². The zero-order chi connectivity index (χ0) is 14.8. The van der Waals surface area contributed by atoms with Gasteiger partial charge in [0, 0.05) is 18.1 Å². The Balaban J connectivity index is 2.30. The van der Waals surface area contributed by atoms with Gasteiger partial charge in [-0.1, -0.05) is 6.07 Å². The maximum absolute atomic E-state index is 11.9. The molecule has 0 fully saturated rings. The van der Waals surface area contributed by atoms with Crippen LogP contribution in [0.15, 0.2) is 52.3 Å². The minimum absolute atomic E-state index is 0.0442. The molecule has 0 bridgehead atoms. The molecule has 2 aromatic rings. The van der Waals surface area contributed by atoms with E-state index < -0.39 is 21.3 Å². The average molecular weight is 292 g/mol. The molecular weight excluding hydrogens is 280 g/mol. The molecule has 0 aliphatic carbocycles. The molecule has 2 N–H and O–H groups in total. The average Bonchev–Trinajstić information content (AvgIpc) is 2.38. The van der Waals surface area contributed by atoms with Crippen molar-refractivity contribution >= 4 is 21.4 Å². The van der Waals surface area contributed by atoms with E-state index in [9.17, 15) is 18.0 Å². The molecule has 2 rings (SSSR count). The van der Waals surface area contributed by atoms with Gasteiger partial charge < -0.3 is 10.3 Å². The van der Waals surface area contributed by atoms with Crippen LogP contribution in [0, 0.1) is 0 Å². The molecule has 1 amide bonds. The van der Waals surface area contributed by atoms with Crippen LogP contribution in [0.25, 0.3) is 0 Å². The van der Waals surface area contributed by atoms with Crippen LogP contribution in [0.1, 0.15) is 10.4 Å². The second kappa shape index (κ2) is 5.30. The molecule has 0 saturated carbocycles. The van der Waals surface area contributed by atoms with Crippen molar-refractivity contribution in [3.05, 3.63) is 58.5 Å². The lowest BCUT2D eigenvalue weighted by atomic mass is 10.2. The van der Waals surface area contributed by atoms with E-state index in [-0.39, 0.29) is 10.5 Å².